The molecule has 0 radical (unpaired) electrons. The van der Waals surface area contributed by atoms with Gasteiger partial charge in [-0.25, -0.2) is 0 Å². The maximum atomic E-state index is 11.6. The van der Waals surface area contributed by atoms with E-state index in [-0.39, 0.29) is 5.78 Å². The third-order valence-electron chi connectivity index (χ3n) is 1.49. The molecular formula is C9H7BrCl2O. The van der Waals surface area contributed by atoms with Gasteiger partial charge < -0.3 is 0 Å². The maximum Gasteiger partial charge on any atom is 0.194 e. The number of halogens is 3. The number of alkyl halides is 2. The first-order chi connectivity index (χ1) is 5.91. The van der Waals surface area contributed by atoms with Crippen molar-refractivity contribution in [1.82, 2.24) is 0 Å². The third-order valence-corrected chi connectivity index (χ3v) is 2.25. The monoisotopic (exact) mass is 280 g/mol. The molecule has 0 saturated carbocycles. The summed E-state index contributed by atoms with van der Waals surface area (Å²) in [5, 5.41) is 0.527. The first-order valence-electron chi connectivity index (χ1n) is 3.59. The summed E-state index contributed by atoms with van der Waals surface area (Å²) in [6, 6.07) is 6.69. The Hall–Kier alpha value is -0.0500. The number of hydrogen-bond donors (Lipinski definition) is 0. The molecule has 0 N–H and O–H groups in total. The number of benzene rings is 1. The molecule has 0 aromatic heterocycles. The predicted octanol–water partition coefficient (Wildman–Crippen LogP) is 3.87. The van der Waals surface area contributed by atoms with Gasteiger partial charge in [0, 0.05) is 10.6 Å². The van der Waals surface area contributed by atoms with Crippen molar-refractivity contribution in [3.8, 4) is 0 Å². The Morgan fingerprint density at radius 3 is 2.62 bits per heavy atom. The van der Waals surface area contributed by atoms with Gasteiger partial charge in [-0.15, -0.1) is 0 Å². The first-order valence-corrected chi connectivity index (χ1v) is 5.14. The number of carbonyl (C=O) groups excluding carboxylic acids is 1. The minimum atomic E-state index is -1.06. The van der Waals surface area contributed by atoms with Crippen LogP contribution in [0.1, 0.15) is 17.3 Å². The van der Waals surface area contributed by atoms with Crippen LogP contribution in [0.4, 0.5) is 0 Å². The molecule has 0 fully saturated rings. The highest BCUT2D eigenvalue weighted by atomic mass is 79.9. The number of rotatable bonds is 2. The minimum absolute atomic E-state index is 0.198. The van der Waals surface area contributed by atoms with Crippen molar-refractivity contribution in [2.24, 2.45) is 0 Å². The van der Waals surface area contributed by atoms with Crippen LogP contribution in [0.3, 0.4) is 0 Å². The fourth-order valence-electron chi connectivity index (χ4n) is 0.883. The topological polar surface area (TPSA) is 17.1 Å². The number of ketones is 1. The van der Waals surface area contributed by atoms with Crippen LogP contribution < -0.4 is 0 Å². The molecule has 0 aliphatic carbocycles. The van der Waals surface area contributed by atoms with Gasteiger partial charge in [0.05, 0.1) is 0 Å². The standard InChI is InChI=1S/C9H7BrCl2O/c1-9(10,12)8(13)6-3-2-4-7(11)5-6/h2-5H,1H3. The van der Waals surface area contributed by atoms with E-state index in [1.165, 1.54) is 0 Å². The Morgan fingerprint density at radius 2 is 2.15 bits per heavy atom. The Bertz CT molecular complexity index is 331. The van der Waals surface area contributed by atoms with Gasteiger partial charge in [-0.3, -0.25) is 4.79 Å². The average molecular weight is 282 g/mol. The highest BCUT2D eigenvalue weighted by Crippen LogP contribution is 2.28. The smallest absolute Gasteiger partial charge is 0.194 e. The van der Waals surface area contributed by atoms with Gasteiger partial charge >= 0.3 is 0 Å². The van der Waals surface area contributed by atoms with E-state index in [0.717, 1.165) is 0 Å². The Balaban J connectivity index is 3.03. The Morgan fingerprint density at radius 1 is 1.54 bits per heavy atom. The summed E-state index contributed by atoms with van der Waals surface area (Å²) < 4.78 is -1.06. The first kappa shape index (κ1) is 11.0. The van der Waals surface area contributed by atoms with Crippen LogP contribution in [0.5, 0.6) is 0 Å². The summed E-state index contributed by atoms with van der Waals surface area (Å²) in [5.74, 6) is -0.198. The van der Waals surface area contributed by atoms with Crippen LogP contribution >= 0.6 is 39.1 Å². The average Bonchev–Trinajstić information content (AvgIpc) is 2.01. The molecule has 0 aliphatic heterocycles. The summed E-state index contributed by atoms with van der Waals surface area (Å²) >= 11 is 14.6. The fraction of sp³-hybridized carbons (Fsp3) is 0.222. The van der Waals surface area contributed by atoms with E-state index in [9.17, 15) is 4.79 Å². The zero-order valence-electron chi connectivity index (χ0n) is 6.85. The molecule has 4 heteroatoms. The zero-order valence-corrected chi connectivity index (χ0v) is 9.95. The molecule has 1 aromatic rings. The van der Waals surface area contributed by atoms with Gasteiger partial charge in [-0.2, -0.15) is 0 Å². The molecule has 70 valence electrons. The molecule has 0 heterocycles. The van der Waals surface area contributed by atoms with Crippen molar-refractivity contribution >= 4 is 44.9 Å². The maximum absolute atomic E-state index is 11.6. The quantitative estimate of drug-likeness (QED) is 0.594. The third kappa shape index (κ3) is 2.97. The number of hydrogen-bond acceptors (Lipinski definition) is 1. The zero-order chi connectivity index (χ0) is 10.1. The number of carbonyl (C=O) groups is 1. The number of Topliss-reactive ketones (excluding diaryl/α,β-unsaturated/α-hetero) is 1. The molecule has 0 spiro atoms. The Kier molecular flexibility index (Phi) is 3.38. The normalized spacial score (nSPS) is 15.1. The second-order valence-electron chi connectivity index (χ2n) is 2.73. The molecule has 1 atom stereocenters. The predicted molar refractivity (Wildman–Crippen MR) is 59.0 cm³/mol. The lowest BCUT2D eigenvalue weighted by molar-refractivity contribution is 0.0983. The highest BCUT2D eigenvalue weighted by molar-refractivity contribution is 9.10. The van der Waals surface area contributed by atoms with E-state index in [1.54, 1.807) is 31.2 Å². The van der Waals surface area contributed by atoms with E-state index in [0.29, 0.717) is 10.6 Å². The minimum Gasteiger partial charge on any atom is -0.291 e. The van der Waals surface area contributed by atoms with Crippen molar-refractivity contribution in [1.29, 1.82) is 0 Å². The second-order valence-corrected chi connectivity index (χ2v) is 5.96. The molecule has 13 heavy (non-hydrogen) atoms. The van der Waals surface area contributed by atoms with Crippen LogP contribution in [-0.2, 0) is 0 Å². The van der Waals surface area contributed by atoms with Crippen molar-refractivity contribution in [2.75, 3.05) is 0 Å². The molecular weight excluding hydrogens is 275 g/mol. The summed E-state index contributed by atoms with van der Waals surface area (Å²) in [6.07, 6.45) is 0. The van der Waals surface area contributed by atoms with Gasteiger partial charge in [0.1, 0.15) is 0 Å². The second kappa shape index (κ2) is 3.99. The molecule has 0 aliphatic rings. The van der Waals surface area contributed by atoms with Gasteiger partial charge in [-0.05, 0) is 19.1 Å². The molecule has 1 unspecified atom stereocenters. The van der Waals surface area contributed by atoms with Gasteiger partial charge in [0.2, 0.25) is 0 Å². The molecule has 0 saturated heterocycles. The van der Waals surface area contributed by atoms with Gasteiger partial charge in [0.15, 0.2) is 9.57 Å². The van der Waals surface area contributed by atoms with Crippen LogP contribution in [0.15, 0.2) is 24.3 Å². The molecule has 1 rings (SSSR count). The van der Waals surface area contributed by atoms with E-state index in [4.69, 9.17) is 23.2 Å². The van der Waals surface area contributed by atoms with Crippen molar-refractivity contribution in [3.63, 3.8) is 0 Å². The molecule has 1 aromatic carbocycles. The van der Waals surface area contributed by atoms with Gasteiger partial charge in [-0.1, -0.05) is 51.3 Å². The molecule has 0 amide bonds. The summed E-state index contributed by atoms with van der Waals surface area (Å²) in [4.78, 5) is 11.6. The van der Waals surface area contributed by atoms with Crippen molar-refractivity contribution < 1.29 is 4.79 Å². The summed E-state index contributed by atoms with van der Waals surface area (Å²) in [5.41, 5.74) is 0.502. The molecule has 1 nitrogen and oxygen atoms in total. The Labute approximate surface area is 95.2 Å². The lowest BCUT2D eigenvalue weighted by Gasteiger charge is -2.11. The van der Waals surface area contributed by atoms with Crippen LogP contribution in [0.25, 0.3) is 0 Å². The fourth-order valence-corrected chi connectivity index (χ4v) is 1.41. The lowest BCUT2D eigenvalue weighted by Crippen LogP contribution is -2.20. The van der Waals surface area contributed by atoms with E-state index >= 15 is 0 Å². The van der Waals surface area contributed by atoms with Crippen LogP contribution in [-0.4, -0.2) is 9.57 Å². The summed E-state index contributed by atoms with van der Waals surface area (Å²) in [7, 11) is 0. The van der Waals surface area contributed by atoms with E-state index in [1.807, 2.05) is 0 Å². The van der Waals surface area contributed by atoms with Gasteiger partial charge in [0.25, 0.3) is 0 Å². The molecule has 0 bridgehead atoms. The van der Waals surface area contributed by atoms with E-state index < -0.39 is 3.78 Å². The summed E-state index contributed by atoms with van der Waals surface area (Å²) in [6.45, 7) is 1.58. The van der Waals surface area contributed by atoms with Crippen molar-refractivity contribution in [3.05, 3.63) is 34.9 Å². The van der Waals surface area contributed by atoms with Crippen LogP contribution in [0.2, 0.25) is 5.02 Å². The SMILES string of the molecule is CC(Cl)(Br)C(=O)c1cccc(Cl)c1. The van der Waals surface area contributed by atoms with Crippen molar-refractivity contribution in [2.45, 2.75) is 10.7 Å². The largest absolute Gasteiger partial charge is 0.291 e. The highest BCUT2D eigenvalue weighted by Gasteiger charge is 2.27. The lowest BCUT2D eigenvalue weighted by atomic mass is 10.1. The van der Waals surface area contributed by atoms with Crippen LogP contribution in [0, 0.1) is 0 Å². The van der Waals surface area contributed by atoms with E-state index in [2.05, 4.69) is 15.9 Å².